The van der Waals surface area contributed by atoms with Crippen LogP contribution in [0.3, 0.4) is 0 Å². The number of hydrogen-bond donors (Lipinski definition) is 0. The SMILES string of the molecule is CC1=CC=CC(C(=O)OCC(C)C)C(C(=O)OCC(C)C)=C1. The Hall–Kier alpha value is -1.84. The highest BCUT2D eigenvalue weighted by Gasteiger charge is 2.29. The molecule has 0 bridgehead atoms. The second-order valence-corrected chi connectivity index (χ2v) is 6.39. The molecule has 122 valence electrons. The van der Waals surface area contributed by atoms with Gasteiger partial charge >= 0.3 is 11.9 Å². The summed E-state index contributed by atoms with van der Waals surface area (Å²) in [6, 6.07) is 0. The Balaban J connectivity index is 2.90. The molecule has 0 aromatic rings. The van der Waals surface area contributed by atoms with Gasteiger partial charge in [-0.1, -0.05) is 51.5 Å². The summed E-state index contributed by atoms with van der Waals surface area (Å²) in [7, 11) is 0. The maximum absolute atomic E-state index is 12.3. The molecule has 4 nitrogen and oxygen atoms in total. The largest absolute Gasteiger partial charge is 0.465 e. The Morgan fingerprint density at radius 1 is 1.09 bits per heavy atom. The van der Waals surface area contributed by atoms with E-state index in [9.17, 15) is 9.59 Å². The molecule has 0 amide bonds. The van der Waals surface area contributed by atoms with E-state index in [0.29, 0.717) is 18.8 Å². The Bertz CT molecular complexity index is 495. The number of carbonyl (C=O) groups is 2. The number of rotatable bonds is 6. The highest BCUT2D eigenvalue weighted by Crippen LogP contribution is 2.22. The van der Waals surface area contributed by atoms with Crippen molar-refractivity contribution in [2.75, 3.05) is 13.2 Å². The van der Waals surface area contributed by atoms with Crippen LogP contribution >= 0.6 is 0 Å². The topological polar surface area (TPSA) is 52.6 Å². The third kappa shape index (κ3) is 5.88. The molecule has 1 unspecified atom stereocenters. The van der Waals surface area contributed by atoms with Gasteiger partial charge < -0.3 is 9.47 Å². The summed E-state index contributed by atoms with van der Waals surface area (Å²) in [5.74, 6) is -1.10. The van der Waals surface area contributed by atoms with Crippen LogP contribution in [0.5, 0.6) is 0 Å². The maximum atomic E-state index is 12.3. The predicted molar refractivity (Wildman–Crippen MR) is 86.1 cm³/mol. The fraction of sp³-hybridized carbons (Fsp3) is 0.556. The summed E-state index contributed by atoms with van der Waals surface area (Å²) < 4.78 is 10.6. The molecule has 0 spiro atoms. The molecule has 1 rings (SSSR count). The van der Waals surface area contributed by atoms with Crippen molar-refractivity contribution in [3.05, 3.63) is 35.5 Å². The van der Waals surface area contributed by atoms with Crippen molar-refractivity contribution in [2.45, 2.75) is 34.6 Å². The molecule has 0 aromatic heterocycles. The molecule has 0 saturated carbocycles. The average Bonchev–Trinajstić information content (AvgIpc) is 2.63. The van der Waals surface area contributed by atoms with E-state index in [2.05, 4.69) is 0 Å². The highest BCUT2D eigenvalue weighted by molar-refractivity contribution is 5.97. The van der Waals surface area contributed by atoms with Crippen molar-refractivity contribution in [3.8, 4) is 0 Å². The second-order valence-electron chi connectivity index (χ2n) is 6.39. The van der Waals surface area contributed by atoms with E-state index in [4.69, 9.17) is 9.47 Å². The van der Waals surface area contributed by atoms with E-state index < -0.39 is 17.9 Å². The van der Waals surface area contributed by atoms with E-state index in [1.54, 1.807) is 18.2 Å². The lowest BCUT2D eigenvalue weighted by Crippen LogP contribution is -2.25. The summed E-state index contributed by atoms with van der Waals surface area (Å²) >= 11 is 0. The van der Waals surface area contributed by atoms with Gasteiger partial charge in [0.1, 0.15) is 5.92 Å². The third-order valence-electron chi connectivity index (χ3n) is 2.98. The summed E-state index contributed by atoms with van der Waals surface area (Å²) in [6.45, 7) is 10.4. The third-order valence-corrected chi connectivity index (χ3v) is 2.98. The molecule has 0 heterocycles. The second kappa shape index (κ2) is 8.57. The average molecular weight is 306 g/mol. The first-order chi connectivity index (χ1) is 10.3. The molecule has 4 heteroatoms. The Labute approximate surface area is 132 Å². The van der Waals surface area contributed by atoms with Gasteiger partial charge in [0.05, 0.1) is 18.8 Å². The predicted octanol–water partition coefficient (Wildman–Crippen LogP) is 3.44. The van der Waals surface area contributed by atoms with E-state index >= 15 is 0 Å². The van der Waals surface area contributed by atoms with Gasteiger partial charge in [-0.05, 0) is 24.8 Å². The molecule has 0 aromatic carbocycles. The highest BCUT2D eigenvalue weighted by atomic mass is 16.5. The standard InChI is InChI=1S/C18H26O4/c1-12(2)10-21-17(19)15-8-6-7-14(5)9-16(15)18(20)22-11-13(3)4/h6-9,12-13,15H,10-11H2,1-5H3. The lowest BCUT2D eigenvalue weighted by molar-refractivity contribution is -0.150. The first kappa shape index (κ1) is 18.2. The lowest BCUT2D eigenvalue weighted by Gasteiger charge is -2.16. The summed E-state index contributed by atoms with van der Waals surface area (Å²) in [5.41, 5.74) is 1.23. The van der Waals surface area contributed by atoms with Gasteiger partial charge in [0, 0.05) is 0 Å². The molecule has 0 N–H and O–H groups in total. The zero-order valence-corrected chi connectivity index (χ0v) is 14.1. The zero-order valence-electron chi connectivity index (χ0n) is 14.1. The van der Waals surface area contributed by atoms with Crippen molar-refractivity contribution in [2.24, 2.45) is 17.8 Å². The molecule has 0 aliphatic heterocycles. The molecule has 1 atom stereocenters. The summed E-state index contributed by atoms with van der Waals surface area (Å²) in [5, 5.41) is 0. The van der Waals surface area contributed by atoms with Crippen LogP contribution in [0.25, 0.3) is 0 Å². The Morgan fingerprint density at radius 3 is 2.27 bits per heavy atom. The van der Waals surface area contributed by atoms with Crippen LogP contribution in [0.4, 0.5) is 0 Å². The molecule has 1 aliphatic carbocycles. The van der Waals surface area contributed by atoms with Gasteiger partial charge in [-0.2, -0.15) is 0 Å². The van der Waals surface area contributed by atoms with E-state index in [0.717, 1.165) is 5.57 Å². The minimum Gasteiger partial charge on any atom is -0.465 e. The van der Waals surface area contributed by atoms with Gasteiger partial charge in [0.15, 0.2) is 0 Å². The van der Waals surface area contributed by atoms with Gasteiger partial charge in [0.2, 0.25) is 0 Å². The fourth-order valence-electron chi connectivity index (χ4n) is 1.86. The van der Waals surface area contributed by atoms with Crippen LogP contribution in [0, 0.1) is 17.8 Å². The van der Waals surface area contributed by atoms with Crippen LogP contribution in [-0.2, 0) is 19.1 Å². The first-order valence-corrected chi connectivity index (χ1v) is 7.71. The number of esters is 2. The molecule has 0 saturated heterocycles. The minimum absolute atomic E-state index is 0.244. The fourth-order valence-corrected chi connectivity index (χ4v) is 1.86. The van der Waals surface area contributed by atoms with Crippen molar-refractivity contribution in [1.29, 1.82) is 0 Å². The van der Waals surface area contributed by atoms with Crippen molar-refractivity contribution in [3.63, 3.8) is 0 Å². The first-order valence-electron chi connectivity index (χ1n) is 7.71. The molecule has 0 fully saturated rings. The van der Waals surface area contributed by atoms with Crippen molar-refractivity contribution >= 4 is 11.9 Å². The molecule has 0 radical (unpaired) electrons. The quantitative estimate of drug-likeness (QED) is 0.705. The molecule has 22 heavy (non-hydrogen) atoms. The lowest BCUT2D eigenvalue weighted by atomic mass is 9.98. The number of allylic oxidation sites excluding steroid dienone is 4. The van der Waals surface area contributed by atoms with Crippen LogP contribution in [0.15, 0.2) is 35.5 Å². The van der Waals surface area contributed by atoms with Crippen LogP contribution in [0.1, 0.15) is 34.6 Å². The number of carbonyl (C=O) groups excluding carboxylic acids is 2. The van der Waals surface area contributed by atoms with Crippen LogP contribution in [-0.4, -0.2) is 25.2 Å². The van der Waals surface area contributed by atoms with Gasteiger partial charge in [0.25, 0.3) is 0 Å². The number of hydrogen-bond acceptors (Lipinski definition) is 4. The van der Waals surface area contributed by atoms with Crippen molar-refractivity contribution < 1.29 is 19.1 Å². The molecule has 1 aliphatic rings. The smallest absolute Gasteiger partial charge is 0.335 e. The number of ether oxygens (including phenoxy) is 2. The van der Waals surface area contributed by atoms with Crippen LogP contribution in [0.2, 0.25) is 0 Å². The molecular weight excluding hydrogens is 280 g/mol. The van der Waals surface area contributed by atoms with Crippen molar-refractivity contribution in [1.82, 2.24) is 0 Å². The summed E-state index contributed by atoms with van der Waals surface area (Å²) in [6.07, 6.45) is 7.01. The Morgan fingerprint density at radius 2 is 1.68 bits per heavy atom. The van der Waals surface area contributed by atoms with Gasteiger partial charge in [-0.3, -0.25) is 4.79 Å². The minimum atomic E-state index is -0.716. The van der Waals surface area contributed by atoms with E-state index in [1.165, 1.54) is 0 Å². The van der Waals surface area contributed by atoms with E-state index in [-0.39, 0.29) is 11.8 Å². The van der Waals surface area contributed by atoms with Gasteiger partial charge in [-0.25, -0.2) is 4.79 Å². The van der Waals surface area contributed by atoms with E-state index in [1.807, 2.05) is 40.7 Å². The van der Waals surface area contributed by atoms with Crippen LogP contribution < -0.4 is 0 Å². The Kier molecular flexibility index (Phi) is 7.09. The normalized spacial score (nSPS) is 17.9. The molecular formula is C18H26O4. The van der Waals surface area contributed by atoms with Gasteiger partial charge in [-0.15, -0.1) is 0 Å². The zero-order chi connectivity index (χ0) is 16.7. The maximum Gasteiger partial charge on any atom is 0.335 e. The monoisotopic (exact) mass is 306 g/mol. The summed E-state index contributed by atoms with van der Waals surface area (Å²) in [4.78, 5) is 24.6.